The summed E-state index contributed by atoms with van der Waals surface area (Å²) in [5.74, 6) is -0.735. The fourth-order valence-electron chi connectivity index (χ4n) is 2.17. The number of rotatable bonds is 4. The number of nitrogens with zero attached hydrogens (tertiary/aromatic N) is 3. The molecule has 0 unspecified atom stereocenters. The van der Waals surface area contributed by atoms with E-state index in [4.69, 9.17) is 16.3 Å². The van der Waals surface area contributed by atoms with E-state index in [2.05, 4.69) is 10.1 Å². The Kier molecular flexibility index (Phi) is 4.63. The molecule has 0 saturated carbocycles. The monoisotopic (exact) mass is 369 g/mol. The highest BCUT2D eigenvalue weighted by molar-refractivity contribution is 6.30. The molecular formula is C16H11ClF3N3O2. The summed E-state index contributed by atoms with van der Waals surface area (Å²) in [6.45, 7) is -0.572. The van der Waals surface area contributed by atoms with Gasteiger partial charge >= 0.3 is 12.1 Å². The molecule has 0 saturated heterocycles. The summed E-state index contributed by atoms with van der Waals surface area (Å²) in [6, 6.07) is 9.83. The fraction of sp³-hybridized carbons (Fsp3) is 0.188. The summed E-state index contributed by atoms with van der Waals surface area (Å²) in [5.41, 5.74) is 0.144. The highest BCUT2D eigenvalue weighted by atomic mass is 35.5. The summed E-state index contributed by atoms with van der Waals surface area (Å²) in [7, 11) is 0. The van der Waals surface area contributed by atoms with Crippen LogP contribution in [0.4, 0.5) is 13.2 Å². The van der Waals surface area contributed by atoms with Crippen LogP contribution in [0.25, 0.3) is 10.9 Å². The van der Waals surface area contributed by atoms with Crippen LogP contribution in [0.1, 0.15) is 11.3 Å². The summed E-state index contributed by atoms with van der Waals surface area (Å²) in [5, 5.41) is 4.32. The molecule has 0 atom stereocenters. The molecule has 0 spiro atoms. The number of hydrogen-bond acceptors (Lipinski definition) is 4. The quantitative estimate of drug-likeness (QED) is 0.518. The molecule has 1 aromatic carbocycles. The number of halogens is 4. The minimum atomic E-state index is -4.56. The number of alkyl halides is 3. The Labute approximate surface area is 145 Å². The smallest absolute Gasteiger partial charge is 0.435 e. The Morgan fingerprint density at radius 2 is 2.00 bits per heavy atom. The van der Waals surface area contributed by atoms with Gasteiger partial charge in [-0.2, -0.15) is 18.3 Å². The largest absolute Gasteiger partial charge is 0.459 e. The summed E-state index contributed by atoms with van der Waals surface area (Å²) < 4.78 is 43.3. The van der Waals surface area contributed by atoms with E-state index in [0.717, 1.165) is 22.3 Å². The van der Waals surface area contributed by atoms with Crippen molar-refractivity contribution in [1.29, 1.82) is 0 Å². The van der Waals surface area contributed by atoms with Crippen LogP contribution in [0.5, 0.6) is 0 Å². The molecule has 0 radical (unpaired) electrons. The average Bonchev–Trinajstić information content (AvgIpc) is 3.01. The number of benzene rings is 1. The second-order valence-electron chi connectivity index (χ2n) is 5.19. The van der Waals surface area contributed by atoms with E-state index in [1.54, 1.807) is 12.1 Å². The minimum Gasteiger partial charge on any atom is -0.459 e. The van der Waals surface area contributed by atoms with Crippen LogP contribution in [0.15, 0.2) is 42.6 Å². The molecule has 0 aliphatic carbocycles. The van der Waals surface area contributed by atoms with Gasteiger partial charge in [0.2, 0.25) is 0 Å². The lowest BCUT2D eigenvalue weighted by Gasteiger charge is -2.08. The number of para-hydroxylation sites is 1. The lowest BCUT2D eigenvalue weighted by atomic mass is 10.2. The van der Waals surface area contributed by atoms with Crippen molar-refractivity contribution >= 4 is 28.5 Å². The van der Waals surface area contributed by atoms with E-state index in [1.165, 1.54) is 0 Å². The number of esters is 1. The van der Waals surface area contributed by atoms with E-state index in [9.17, 15) is 18.0 Å². The van der Waals surface area contributed by atoms with Crippen molar-refractivity contribution < 1.29 is 22.7 Å². The van der Waals surface area contributed by atoms with Gasteiger partial charge < -0.3 is 4.74 Å². The zero-order chi connectivity index (χ0) is 18.0. The maximum absolute atomic E-state index is 12.5. The lowest BCUT2D eigenvalue weighted by Crippen LogP contribution is -2.15. The predicted octanol–water partition coefficient (Wildman–Crippen LogP) is 3.85. The molecule has 3 aromatic rings. The summed E-state index contributed by atoms with van der Waals surface area (Å²) in [6.07, 6.45) is -3.49. The Hall–Kier alpha value is -2.61. The Morgan fingerprint density at radius 1 is 1.24 bits per heavy atom. The number of carbonyl (C=O) groups is 1. The lowest BCUT2D eigenvalue weighted by molar-refractivity contribution is -0.147. The van der Waals surface area contributed by atoms with Crippen molar-refractivity contribution in [3.63, 3.8) is 0 Å². The first-order valence-corrected chi connectivity index (χ1v) is 7.51. The third-order valence-electron chi connectivity index (χ3n) is 3.36. The van der Waals surface area contributed by atoms with Gasteiger partial charge in [0, 0.05) is 17.1 Å². The third kappa shape index (κ3) is 4.08. The van der Waals surface area contributed by atoms with E-state index in [0.29, 0.717) is 11.1 Å². The van der Waals surface area contributed by atoms with E-state index in [-0.39, 0.29) is 11.8 Å². The maximum atomic E-state index is 12.5. The molecule has 9 heteroatoms. The first kappa shape index (κ1) is 17.2. The van der Waals surface area contributed by atoms with E-state index >= 15 is 0 Å². The molecule has 25 heavy (non-hydrogen) atoms. The molecule has 3 rings (SSSR count). The number of fused-ring (bicyclic) bond motifs is 1. The molecule has 130 valence electrons. The number of hydrogen-bond donors (Lipinski definition) is 0. The standard InChI is InChI=1S/C16H11ClF3N3O2/c17-15-11(7-10-3-1-2-4-12(10)21-15)9-25-14(24)8-23-6-5-13(22-23)16(18,19)20/h1-7H,8-9H2. The van der Waals surface area contributed by atoms with E-state index < -0.39 is 24.4 Å². The van der Waals surface area contributed by atoms with Gasteiger partial charge in [-0.3, -0.25) is 9.48 Å². The van der Waals surface area contributed by atoms with Crippen molar-refractivity contribution in [3.8, 4) is 0 Å². The van der Waals surface area contributed by atoms with Crippen LogP contribution >= 0.6 is 11.6 Å². The van der Waals surface area contributed by atoms with Gasteiger partial charge in [-0.05, 0) is 18.2 Å². The van der Waals surface area contributed by atoms with Crippen LogP contribution < -0.4 is 0 Å². The van der Waals surface area contributed by atoms with Gasteiger partial charge in [0.1, 0.15) is 18.3 Å². The van der Waals surface area contributed by atoms with Crippen LogP contribution in [-0.4, -0.2) is 20.7 Å². The number of carbonyl (C=O) groups excluding carboxylic acids is 1. The van der Waals surface area contributed by atoms with Crippen molar-refractivity contribution in [3.05, 3.63) is 59.0 Å². The highest BCUT2D eigenvalue weighted by Crippen LogP contribution is 2.27. The van der Waals surface area contributed by atoms with Gasteiger partial charge in [-0.1, -0.05) is 29.8 Å². The Balaban J connectivity index is 1.64. The van der Waals surface area contributed by atoms with Crippen molar-refractivity contribution in [2.75, 3.05) is 0 Å². The zero-order valence-electron chi connectivity index (χ0n) is 12.6. The van der Waals surface area contributed by atoms with Gasteiger partial charge in [0.05, 0.1) is 5.52 Å². The highest BCUT2D eigenvalue weighted by Gasteiger charge is 2.33. The summed E-state index contributed by atoms with van der Waals surface area (Å²) in [4.78, 5) is 16.0. The second kappa shape index (κ2) is 6.72. The average molecular weight is 370 g/mol. The fourth-order valence-corrected chi connectivity index (χ4v) is 2.37. The maximum Gasteiger partial charge on any atom is 0.435 e. The van der Waals surface area contributed by atoms with Crippen LogP contribution in [0.3, 0.4) is 0 Å². The molecule has 0 aliphatic heterocycles. The number of pyridine rings is 1. The second-order valence-corrected chi connectivity index (χ2v) is 5.55. The number of ether oxygens (including phenoxy) is 1. The topological polar surface area (TPSA) is 57.0 Å². The van der Waals surface area contributed by atoms with Gasteiger partial charge in [0.15, 0.2) is 5.69 Å². The normalized spacial score (nSPS) is 11.7. The predicted molar refractivity (Wildman–Crippen MR) is 83.8 cm³/mol. The molecule has 5 nitrogen and oxygen atoms in total. The van der Waals surface area contributed by atoms with Crippen molar-refractivity contribution in [2.24, 2.45) is 0 Å². The third-order valence-corrected chi connectivity index (χ3v) is 3.69. The zero-order valence-corrected chi connectivity index (χ0v) is 13.4. The van der Waals surface area contributed by atoms with Crippen LogP contribution in [-0.2, 0) is 28.9 Å². The van der Waals surface area contributed by atoms with Gasteiger partial charge in [-0.25, -0.2) is 4.98 Å². The Bertz CT molecular complexity index is 924. The molecule has 0 bridgehead atoms. The molecule has 2 heterocycles. The molecular weight excluding hydrogens is 359 g/mol. The molecule has 0 aliphatic rings. The molecule has 0 N–H and O–H groups in total. The van der Waals surface area contributed by atoms with Gasteiger partial charge in [0.25, 0.3) is 0 Å². The molecule has 0 amide bonds. The van der Waals surface area contributed by atoms with Crippen LogP contribution in [0.2, 0.25) is 5.15 Å². The van der Waals surface area contributed by atoms with Crippen molar-refractivity contribution in [1.82, 2.24) is 14.8 Å². The Morgan fingerprint density at radius 3 is 2.72 bits per heavy atom. The first-order valence-electron chi connectivity index (χ1n) is 7.13. The van der Waals surface area contributed by atoms with Gasteiger partial charge in [-0.15, -0.1) is 0 Å². The first-order chi connectivity index (χ1) is 11.8. The van der Waals surface area contributed by atoms with E-state index in [1.807, 2.05) is 18.2 Å². The van der Waals surface area contributed by atoms with Crippen LogP contribution in [0, 0.1) is 0 Å². The SMILES string of the molecule is O=C(Cn1ccc(C(F)(F)F)n1)OCc1cc2ccccc2nc1Cl. The molecule has 2 aromatic heterocycles. The molecule has 0 fully saturated rings. The number of aromatic nitrogens is 3. The summed E-state index contributed by atoms with van der Waals surface area (Å²) >= 11 is 6.06. The minimum absolute atomic E-state index is 0.136. The van der Waals surface area contributed by atoms with Crippen molar-refractivity contribution in [2.45, 2.75) is 19.3 Å².